The molecule has 1 aliphatic rings. The van der Waals surface area contributed by atoms with Gasteiger partial charge >= 0.3 is 0 Å². The Bertz CT molecular complexity index is 565. The Morgan fingerprint density at radius 3 is 2.95 bits per heavy atom. The summed E-state index contributed by atoms with van der Waals surface area (Å²) < 4.78 is 10.8. The molecule has 0 unspecified atom stereocenters. The zero-order valence-electron chi connectivity index (χ0n) is 11.1. The lowest BCUT2D eigenvalue weighted by Gasteiger charge is -2.26. The molecule has 2 aromatic rings. The zero-order chi connectivity index (χ0) is 13.1. The van der Waals surface area contributed by atoms with Gasteiger partial charge in [0.05, 0.1) is 25.8 Å². The third kappa shape index (κ3) is 2.69. The lowest BCUT2D eigenvalue weighted by atomic mass is 10.1. The summed E-state index contributed by atoms with van der Waals surface area (Å²) in [5.41, 5.74) is 2.20. The number of benzene rings is 1. The molecule has 1 aromatic carbocycles. The molecule has 0 radical (unpaired) electrons. The van der Waals surface area contributed by atoms with Gasteiger partial charge in [0.1, 0.15) is 5.75 Å². The van der Waals surface area contributed by atoms with E-state index in [1.54, 1.807) is 7.11 Å². The normalized spacial score (nSPS) is 16.7. The van der Waals surface area contributed by atoms with Crippen LogP contribution in [0.4, 0.5) is 0 Å². The highest BCUT2D eigenvalue weighted by Gasteiger charge is 2.11. The molecule has 2 heterocycles. The topological polar surface area (TPSA) is 34.6 Å². The second kappa shape index (κ2) is 5.55. The number of pyridine rings is 1. The molecule has 100 valence electrons. The molecule has 1 fully saturated rings. The molecule has 1 aliphatic heterocycles. The molecule has 4 heteroatoms. The van der Waals surface area contributed by atoms with Crippen LogP contribution in [0.5, 0.6) is 5.75 Å². The van der Waals surface area contributed by atoms with E-state index in [1.165, 1.54) is 5.56 Å². The summed E-state index contributed by atoms with van der Waals surface area (Å²) in [5.74, 6) is 0.883. The first-order chi connectivity index (χ1) is 9.36. The quantitative estimate of drug-likeness (QED) is 0.844. The Morgan fingerprint density at radius 1 is 1.32 bits per heavy atom. The number of aromatic nitrogens is 1. The van der Waals surface area contributed by atoms with E-state index in [0.29, 0.717) is 0 Å². The SMILES string of the molecule is COc1cccc2ncc(CN3CCOCC3)cc12. The number of morpholine rings is 1. The summed E-state index contributed by atoms with van der Waals surface area (Å²) in [4.78, 5) is 6.91. The van der Waals surface area contributed by atoms with Crippen molar-refractivity contribution in [2.24, 2.45) is 0 Å². The number of hydrogen-bond donors (Lipinski definition) is 0. The van der Waals surface area contributed by atoms with Gasteiger partial charge < -0.3 is 9.47 Å². The molecule has 0 bridgehead atoms. The van der Waals surface area contributed by atoms with Crippen LogP contribution in [-0.2, 0) is 11.3 Å². The van der Waals surface area contributed by atoms with Gasteiger partial charge in [0.2, 0.25) is 0 Å². The molecular weight excluding hydrogens is 240 g/mol. The van der Waals surface area contributed by atoms with E-state index in [0.717, 1.165) is 49.5 Å². The van der Waals surface area contributed by atoms with Crippen molar-refractivity contribution < 1.29 is 9.47 Å². The van der Waals surface area contributed by atoms with Crippen molar-refractivity contribution in [1.29, 1.82) is 0 Å². The Hall–Kier alpha value is -1.65. The molecule has 3 rings (SSSR count). The van der Waals surface area contributed by atoms with Gasteiger partial charge in [-0.15, -0.1) is 0 Å². The third-order valence-corrected chi connectivity index (χ3v) is 3.47. The average Bonchev–Trinajstić information content (AvgIpc) is 2.47. The molecule has 4 nitrogen and oxygen atoms in total. The van der Waals surface area contributed by atoms with Gasteiger partial charge in [0, 0.05) is 31.2 Å². The van der Waals surface area contributed by atoms with Gasteiger partial charge in [-0.1, -0.05) is 6.07 Å². The molecular formula is C15H18N2O2. The van der Waals surface area contributed by atoms with Crippen LogP contribution in [0.3, 0.4) is 0 Å². The summed E-state index contributed by atoms with van der Waals surface area (Å²) in [6, 6.07) is 8.13. The van der Waals surface area contributed by atoms with Crippen molar-refractivity contribution in [3.05, 3.63) is 36.0 Å². The van der Waals surface area contributed by atoms with E-state index >= 15 is 0 Å². The highest BCUT2D eigenvalue weighted by Crippen LogP contribution is 2.25. The van der Waals surface area contributed by atoms with Gasteiger partial charge in [-0.25, -0.2) is 0 Å². The first kappa shape index (κ1) is 12.4. The molecule has 0 amide bonds. The molecule has 0 saturated carbocycles. The second-order valence-electron chi connectivity index (χ2n) is 4.76. The van der Waals surface area contributed by atoms with Crippen LogP contribution in [0.15, 0.2) is 30.5 Å². The fourth-order valence-electron chi connectivity index (χ4n) is 2.45. The summed E-state index contributed by atoms with van der Waals surface area (Å²) >= 11 is 0. The molecule has 0 spiro atoms. The van der Waals surface area contributed by atoms with Crippen LogP contribution in [-0.4, -0.2) is 43.3 Å². The van der Waals surface area contributed by atoms with E-state index in [4.69, 9.17) is 9.47 Å². The van der Waals surface area contributed by atoms with Crippen molar-refractivity contribution in [2.75, 3.05) is 33.4 Å². The van der Waals surface area contributed by atoms with Crippen LogP contribution in [0, 0.1) is 0 Å². The van der Waals surface area contributed by atoms with Gasteiger partial charge in [0.15, 0.2) is 0 Å². The summed E-state index contributed by atoms with van der Waals surface area (Å²) in [6.07, 6.45) is 1.96. The minimum absolute atomic E-state index is 0.824. The number of methoxy groups -OCH3 is 1. The minimum atomic E-state index is 0.824. The Kier molecular flexibility index (Phi) is 3.62. The van der Waals surface area contributed by atoms with Gasteiger partial charge in [-0.3, -0.25) is 9.88 Å². The molecule has 1 aromatic heterocycles. The number of hydrogen-bond acceptors (Lipinski definition) is 4. The van der Waals surface area contributed by atoms with Crippen LogP contribution in [0.25, 0.3) is 10.9 Å². The molecule has 1 saturated heterocycles. The molecule has 0 N–H and O–H groups in total. The van der Waals surface area contributed by atoms with Crippen molar-refractivity contribution in [1.82, 2.24) is 9.88 Å². The van der Waals surface area contributed by atoms with Crippen molar-refractivity contribution in [2.45, 2.75) is 6.54 Å². The smallest absolute Gasteiger partial charge is 0.128 e. The van der Waals surface area contributed by atoms with Crippen LogP contribution >= 0.6 is 0 Å². The molecule has 0 aliphatic carbocycles. The maximum absolute atomic E-state index is 5.40. The van der Waals surface area contributed by atoms with E-state index in [1.807, 2.05) is 24.4 Å². The fraction of sp³-hybridized carbons (Fsp3) is 0.400. The number of nitrogens with zero attached hydrogens (tertiary/aromatic N) is 2. The first-order valence-electron chi connectivity index (χ1n) is 6.58. The Morgan fingerprint density at radius 2 is 2.16 bits per heavy atom. The van der Waals surface area contributed by atoms with Crippen molar-refractivity contribution >= 4 is 10.9 Å². The third-order valence-electron chi connectivity index (χ3n) is 3.47. The van der Waals surface area contributed by atoms with Crippen molar-refractivity contribution in [3.63, 3.8) is 0 Å². The largest absolute Gasteiger partial charge is 0.496 e. The molecule has 19 heavy (non-hydrogen) atoms. The van der Waals surface area contributed by atoms with E-state index < -0.39 is 0 Å². The van der Waals surface area contributed by atoms with Crippen LogP contribution in [0.2, 0.25) is 0 Å². The number of fused-ring (bicyclic) bond motifs is 1. The van der Waals surface area contributed by atoms with Crippen molar-refractivity contribution in [3.8, 4) is 5.75 Å². The van der Waals surface area contributed by atoms with Crippen LogP contribution < -0.4 is 4.74 Å². The fourth-order valence-corrected chi connectivity index (χ4v) is 2.45. The maximum Gasteiger partial charge on any atom is 0.128 e. The number of rotatable bonds is 3. The standard InChI is InChI=1S/C15H18N2O2/c1-18-15-4-2-3-14-13(15)9-12(10-16-14)11-17-5-7-19-8-6-17/h2-4,9-10H,5-8,11H2,1H3. The summed E-state index contributed by atoms with van der Waals surface area (Å²) in [5, 5.41) is 1.08. The lowest BCUT2D eigenvalue weighted by Crippen LogP contribution is -2.35. The van der Waals surface area contributed by atoms with Gasteiger partial charge in [0.25, 0.3) is 0 Å². The van der Waals surface area contributed by atoms with Crippen LogP contribution in [0.1, 0.15) is 5.56 Å². The number of ether oxygens (including phenoxy) is 2. The Labute approximate surface area is 113 Å². The van der Waals surface area contributed by atoms with E-state index in [2.05, 4.69) is 16.0 Å². The highest BCUT2D eigenvalue weighted by atomic mass is 16.5. The lowest BCUT2D eigenvalue weighted by molar-refractivity contribution is 0.0341. The predicted octanol–water partition coefficient (Wildman–Crippen LogP) is 2.08. The first-order valence-corrected chi connectivity index (χ1v) is 6.58. The van der Waals surface area contributed by atoms with Gasteiger partial charge in [-0.2, -0.15) is 0 Å². The second-order valence-corrected chi connectivity index (χ2v) is 4.76. The molecule has 0 atom stereocenters. The maximum atomic E-state index is 5.40. The predicted molar refractivity (Wildman–Crippen MR) is 74.4 cm³/mol. The van der Waals surface area contributed by atoms with E-state index in [-0.39, 0.29) is 0 Å². The average molecular weight is 258 g/mol. The summed E-state index contributed by atoms with van der Waals surface area (Å²) in [7, 11) is 1.70. The van der Waals surface area contributed by atoms with E-state index in [9.17, 15) is 0 Å². The monoisotopic (exact) mass is 258 g/mol. The highest BCUT2D eigenvalue weighted by molar-refractivity contribution is 5.85. The zero-order valence-corrected chi connectivity index (χ0v) is 11.1. The minimum Gasteiger partial charge on any atom is -0.496 e. The summed E-state index contributed by atoms with van der Waals surface area (Å²) in [6.45, 7) is 4.55. The Balaban J connectivity index is 1.87. The van der Waals surface area contributed by atoms with Gasteiger partial charge in [-0.05, 0) is 23.8 Å².